The highest BCUT2D eigenvalue weighted by Crippen LogP contribution is 2.33. The third kappa shape index (κ3) is 2.46. The minimum Gasteiger partial charge on any atom is -0.383 e. The molecule has 2 aromatic rings. The van der Waals surface area contributed by atoms with E-state index in [-0.39, 0.29) is 6.17 Å². The summed E-state index contributed by atoms with van der Waals surface area (Å²) < 4.78 is 2.50. The van der Waals surface area contributed by atoms with Crippen molar-refractivity contribution in [2.75, 3.05) is 18.8 Å². The highest BCUT2D eigenvalue weighted by atomic mass is 79.9. The van der Waals surface area contributed by atoms with Crippen molar-refractivity contribution in [3.8, 4) is 0 Å². The van der Waals surface area contributed by atoms with Crippen LogP contribution in [0.15, 0.2) is 20.7 Å². The molecule has 0 spiro atoms. The first-order valence-corrected chi connectivity index (χ1v) is 8.59. The Kier molecular flexibility index (Phi) is 3.65. The fraction of sp³-hybridized carbons (Fsp3) is 0.467. The van der Waals surface area contributed by atoms with Gasteiger partial charge < -0.3 is 11.1 Å². The molecule has 8 heteroatoms. The smallest absolute Gasteiger partial charge is 0.167 e. The van der Waals surface area contributed by atoms with Crippen molar-refractivity contribution < 1.29 is 0 Å². The maximum Gasteiger partial charge on any atom is 0.167 e. The van der Waals surface area contributed by atoms with Crippen molar-refractivity contribution in [3.05, 3.63) is 21.9 Å². The summed E-state index contributed by atoms with van der Waals surface area (Å²) >= 11 is 3.61. The third-order valence-electron chi connectivity index (χ3n) is 4.35. The molecule has 2 unspecified atom stereocenters. The van der Waals surface area contributed by atoms with Gasteiger partial charge in [0.15, 0.2) is 5.65 Å². The molecule has 23 heavy (non-hydrogen) atoms. The largest absolute Gasteiger partial charge is 0.383 e. The van der Waals surface area contributed by atoms with Gasteiger partial charge in [-0.25, -0.2) is 4.98 Å². The van der Waals surface area contributed by atoms with Crippen LogP contribution >= 0.6 is 15.9 Å². The van der Waals surface area contributed by atoms with Crippen molar-refractivity contribution >= 4 is 39.3 Å². The Hall–Kier alpha value is -1.80. The molecule has 4 heterocycles. The molecule has 0 bridgehead atoms. The molecule has 0 saturated carbocycles. The van der Waals surface area contributed by atoms with E-state index >= 15 is 0 Å². The highest BCUT2D eigenvalue weighted by molar-refractivity contribution is 9.10. The number of nitrogens with one attached hydrogen (secondary N) is 1. The molecule has 0 aromatic carbocycles. The molecule has 2 aliphatic rings. The number of nitrogens with zero attached hydrogens (tertiary/aromatic N) is 5. The van der Waals surface area contributed by atoms with E-state index in [4.69, 9.17) is 10.7 Å². The van der Waals surface area contributed by atoms with Crippen LogP contribution < -0.4 is 11.1 Å². The lowest BCUT2D eigenvalue weighted by Gasteiger charge is -2.23. The summed E-state index contributed by atoms with van der Waals surface area (Å²) in [6, 6.07) is 0. The van der Waals surface area contributed by atoms with E-state index in [0.29, 0.717) is 11.7 Å². The Morgan fingerprint density at radius 3 is 3.00 bits per heavy atom. The topological polar surface area (TPSA) is 93.0 Å². The van der Waals surface area contributed by atoms with E-state index in [0.717, 1.165) is 53.0 Å². The summed E-state index contributed by atoms with van der Waals surface area (Å²) in [5, 5.41) is 7.80. The molecule has 2 aromatic heterocycles. The number of nitrogen functional groups attached to an aromatic ring is 1. The SMILES string of the molecule is CC1N=CC(c2cnn3c(N)c(Br)c(C4CCCNC4)nc23)=N1. The van der Waals surface area contributed by atoms with Gasteiger partial charge in [-0.2, -0.15) is 9.61 Å². The number of nitrogens with two attached hydrogens (primary N) is 1. The van der Waals surface area contributed by atoms with Gasteiger partial charge >= 0.3 is 0 Å². The molecular formula is C15H18BrN7. The summed E-state index contributed by atoms with van der Waals surface area (Å²) in [5.74, 6) is 0.927. The predicted octanol–water partition coefficient (Wildman–Crippen LogP) is 1.76. The summed E-state index contributed by atoms with van der Waals surface area (Å²) in [4.78, 5) is 13.7. The van der Waals surface area contributed by atoms with Crippen LogP contribution in [0.1, 0.15) is 36.9 Å². The minimum atomic E-state index is -0.0465. The van der Waals surface area contributed by atoms with Crippen molar-refractivity contribution in [1.29, 1.82) is 0 Å². The average Bonchev–Trinajstić information content (AvgIpc) is 3.17. The van der Waals surface area contributed by atoms with Gasteiger partial charge in [0, 0.05) is 12.5 Å². The number of rotatable bonds is 2. The maximum absolute atomic E-state index is 6.28. The van der Waals surface area contributed by atoms with E-state index < -0.39 is 0 Å². The van der Waals surface area contributed by atoms with Crippen LogP contribution in [0.4, 0.5) is 5.82 Å². The number of anilines is 1. The summed E-state index contributed by atoms with van der Waals surface area (Å²) in [6.45, 7) is 3.94. The number of halogens is 1. The van der Waals surface area contributed by atoms with Crippen LogP contribution in [0.2, 0.25) is 0 Å². The Bertz CT molecular complexity index is 817. The molecule has 2 atom stereocenters. The molecule has 7 nitrogen and oxygen atoms in total. The molecule has 120 valence electrons. The number of fused-ring (bicyclic) bond motifs is 1. The Labute approximate surface area is 142 Å². The minimum absolute atomic E-state index is 0.0465. The van der Waals surface area contributed by atoms with E-state index in [1.165, 1.54) is 0 Å². The molecule has 2 aliphatic heterocycles. The number of aromatic nitrogens is 3. The molecule has 0 radical (unpaired) electrons. The van der Waals surface area contributed by atoms with Gasteiger partial charge in [-0.05, 0) is 42.2 Å². The molecule has 1 fully saturated rings. The average molecular weight is 376 g/mol. The maximum atomic E-state index is 6.28. The van der Waals surface area contributed by atoms with Crippen molar-refractivity contribution in [3.63, 3.8) is 0 Å². The standard InChI is InChI=1S/C15H18BrN7/c1-8-19-7-11(21-8)10-6-20-23-14(17)12(16)13(22-15(10)23)9-3-2-4-18-5-9/h6-9,18H,2-5,17H2,1H3. The Balaban J connectivity index is 1.87. The first-order valence-electron chi connectivity index (χ1n) is 7.80. The van der Waals surface area contributed by atoms with Crippen LogP contribution in [-0.4, -0.2) is 45.8 Å². The van der Waals surface area contributed by atoms with Gasteiger partial charge in [0.1, 0.15) is 12.0 Å². The number of piperidine rings is 1. The van der Waals surface area contributed by atoms with Crippen LogP contribution in [0, 0.1) is 0 Å². The molecular weight excluding hydrogens is 358 g/mol. The summed E-state index contributed by atoms with van der Waals surface area (Å²) in [6.07, 6.45) is 5.75. The molecule has 0 amide bonds. The van der Waals surface area contributed by atoms with Crippen LogP contribution in [0.25, 0.3) is 5.65 Å². The van der Waals surface area contributed by atoms with Gasteiger partial charge in [-0.15, -0.1) is 0 Å². The van der Waals surface area contributed by atoms with Crippen LogP contribution in [-0.2, 0) is 0 Å². The number of aliphatic imine (C=N–C) groups is 2. The third-order valence-corrected chi connectivity index (χ3v) is 5.16. The quantitative estimate of drug-likeness (QED) is 0.835. The van der Waals surface area contributed by atoms with Crippen LogP contribution in [0.3, 0.4) is 0 Å². The lowest BCUT2D eigenvalue weighted by atomic mass is 9.96. The van der Waals surface area contributed by atoms with Crippen LogP contribution in [0.5, 0.6) is 0 Å². The van der Waals surface area contributed by atoms with Gasteiger partial charge in [0.25, 0.3) is 0 Å². The zero-order valence-electron chi connectivity index (χ0n) is 12.8. The summed E-state index contributed by atoms with van der Waals surface area (Å²) in [5.41, 5.74) is 9.71. The van der Waals surface area contributed by atoms with Crippen molar-refractivity contribution in [2.45, 2.75) is 31.8 Å². The van der Waals surface area contributed by atoms with Gasteiger partial charge in [0.05, 0.1) is 33.9 Å². The second-order valence-corrected chi connectivity index (χ2v) is 6.75. The molecule has 4 rings (SSSR count). The van der Waals surface area contributed by atoms with Gasteiger partial charge in [0.2, 0.25) is 0 Å². The second kappa shape index (κ2) is 5.68. The Morgan fingerprint density at radius 1 is 1.43 bits per heavy atom. The fourth-order valence-electron chi connectivity index (χ4n) is 3.14. The summed E-state index contributed by atoms with van der Waals surface area (Å²) in [7, 11) is 0. The molecule has 3 N–H and O–H groups in total. The lowest BCUT2D eigenvalue weighted by Crippen LogP contribution is -2.29. The zero-order chi connectivity index (χ0) is 16.0. The number of hydrogen-bond donors (Lipinski definition) is 2. The number of hydrogen-bond acceptors (Lipinski definition) is 6. The second-order valence-electron chi connectivity index (χ2n) is 5.96. The molecule has 1 saturated heterocycles. The van der Waals surface area contributed by atoms with Gasteiger partial charge in [-0.3, -0.25) is 9.98 Å². The highest BCUT2D eigenvalue weighted by Gasteiger charge is 2.24. The van der Waals surface area contributed by atoms with Gasteiger partial charge in [-0.1, -0.05) is 0 Å². The molecule has 0 aliphatic carbocycles. The fourth-order valence-corrected chi connectivity index (χ4v) is 3.72. The van der Waals surface area contributed by atoms with E-state index in [9.17, 15) is 0 Å². The predicted molar refractivity (Wildman–Crippen MR) is 94.4 cm³/mol. The first-order chi connectivity index (χ1) is 11.1. The monoisotopic (exact) mass is 375 g/mol. The van der Waals surface area contributed by atoms with Crippen molar-refractivity contribution in [2.24, 2.45) is 9.98 Å². The Morgan fingerprint density at radius 2 is 2.30 bits per heavy atom. The lowest BCUT2D eigenvalue weighted by molar-refractivity contribution is 0.453. The normalized spacial score (nSPS) is 24.3. The van der Waals surface area contributed by atoms with E-state index in [1.807, 2.05) is 6.92 Å². The zero-order valence-corrected chi connectivity index (χ0v) is 14.4. The van der Waals surface area contributed by atoms with Crippen molar-refractivity contribution in [1.82, 2.24) is 19.9 Å². The van der Waals surface area contributed by atoms with E-state index in [2.05, 4.69) is 36.3 Å². The van der Waals surface area contributed by atoms with E-state index in [1.54, 1.807) is 16.9 Å². The first kappa shape index (κ1) is 14.8.